The van der Waals surface area contributed by atoms with E-state index in [0.29, 0.717) is 19.3 Å². The van der Waals surface area contributed by atoms with Gasteiger partial charge in [-0.15, -0.1) is 0 Å². The number of rotatable bonds is 14. The second kappa shape index (κ2) is 14.8. The molecule has 9 heteroatoms. The first-order valence-corrected chi connectivity index (χ1v) is 15.4. The van der Waals surface area contributed by atoms with E-state index in [-0.39, 0.29) is 25.8 Å². The summed E-state index contributed by atoms with van der Waals surface area (Å²) in [5.41, 5.74) is 1.04. The summed E-state index contributed by atoms with van der Waals surface area (Å²) in [6.45, 7) is 5.50. The average Bonchev–Trinajstić information content (AvgIpc) is 2.91. The third-order valence-electron chi connectivity index (χ3n) is 6.26. The maximum absolute atomic E-state index is 14.1. The highest BCUT2D eigenvalue weighted by Gasteiger charge is 2.32. The van der Waals surface area contributed by atoms with Crippen molar-refractivity contribution in [3.63, 3.8) is 0 Å². The molecule has 0 spiro atoms. The van der Waals surface area contributed by atoms with Crippen LogP contribution in [0.5, 0.6) is 0 Å². The maximum Gasteiger partial charge on any atom is 0.416 e. The first kappa shape index (κ1) is 32.6. The molecule has 0 aliphatic carbocycles. The molecule has 0 heterocycles. The number of halogens is 3. The topological polar surface area (TPSA) is 61.8 Å². The maximum atomic E-state index is 14.1. The van der Waals surface area contributed by atoms with E-state index in [1.807, 2.05) is 60.7 Å². The number of alkyl halides is 3. The van der Waals surface area contributed by atoms with Crippen LogP contribution in [0.4, 0.5) is 13.2 Å². The van der Waals surface area contributed by atoms with Crippen molar-refractivity contribution in [1.82, 2.24) is 0 Å². The summed E-state index contributed by atoms with van der Waals surface area (Å²) >= 11 is 0. The molecule has 222 valence electrons. The minimum absolute atomic E-state index is 0.00107. The number of aryl methyl sites for hydroxylation is 1. The Labute approximate surface area is 240 Å². The van der Waals surface area contributed by atoms with Crippen LogP contribution >= 0.6 is 7.60 Å². The van der Waals surface area contributed by atoms with Gasteiger partial charge in [0.05, 0.1) is 24.9 Å². The third kappa shape index (κ3) is 12.2. The number of hydrogen-bond donors (Lipinski definition) is 0. The Bertz CT molecular complexity index is 1210. The van der Waals surface area contributed by atoms with Crippen LogP contribution < -0.4 is 0 Å². The summed E-state index contributed by atoms with van der Waals surface area (Å²) in [5, 5.41) is 0. The largest absolute Gasteiger partial charge is 0.460 e. The molecular formula is C32H38F3O5P. The second-order valence-electron chi connectivity index (χ2n) is 11.1. The van der Waals surface area contributed by atoms with Crippen LogP contribution in [0.1, 0.15) is 62.3 Å². The third-order valence-corrected chi connectivity index (χ3v) is 8.27. The van der Waals surface area contributed by atoms with Crippen molar-refractivity contribution in [3.8, 4) is 0 Å². The summed E-state index contributed by atoms with van der Waals surface area (Å²) in [4.78, 5) is 12.8. The molecule has 1 unspecified atom stereocenters. The van der Waals surface area contributed by atoms with Gasteiger partial charge in [0.25, 0.3) is 0 Å². The van der Waals surface area contributed by atoms with Gasteiger partial charge in [-0.2, -0.15) is 13.2 Å². The summed E-state index contributed by atoms with van der Waals surface area (Å²) in [6, 6.07) is 23.7. The van der Waals surface area contributed by atoms with E-state index < -0.39 is 36.8 Å². The van der Waals surface area contributed by atoms with Gasteiger partial charge in [0, 0.05) is 6.42 Å². The van der Waals surface area contributed by atoms with Gasteiger partial charge in [0.15, 0.2) is 0 Å². The Balaban J connectivity index is 1.74. The summed E-state index contributed by atoms with van der Waals surface area (Å²) < 4.78 is 70.3. The number of hydrogen-bond acceptors (Lipinski definition) is 5. The summed E-state index contributed by atoms with van der Waals surface area (Å²) in [5.74, 6) is -0.814. The van der Waals surface area contributed by atoms with Crippen molar-refractivity contribution in [2.45, 2.75) is 71.4 Å². The average molecular weight is 591 g/mol. The van der Waals surface area contributed by atoms with Crippen LogP contribution in [-0.4, -0.2) is 17.7 Å². The van der Waals surface area contributed by atoms with Crippen molar-refractivity contribution in [1.29, 1.82) is 0 Å². The lowest BCUT2D eigenvalue weighted by Crippen LogP contribution is -2.26. The molecule has 0 aromatic heterocycles. The Hall–Kier alpha value is -2.93. The molecule has 3 aromatic carbocycles. The first-order valence-electron chi connectivity index (χ1n) is 13.7. The molecule has 0 aliphatic heterocycles. The van der Waals surface area contributed by atoms with E-state index in [9.17, 15) is 22.5 Å². The van der Waals surface area contributed by atoms with Gasteiger partial charge >= 0.3 is 19.7 Å². The Morgan fingerprint density at radius 3 is 1.76 bits per heavy atom. The van der Waals surface area contributed by atoms with E-state index >= 15 is 0 Å². The van der Waals surface area contributed by atoms with Crippen molar-refractivity contribution < 1.29 is 36.3 Å². The van der Waals surface area contributed by atoms with Crippen LogP contribution in [-0.2, 0) is 49.0 Å². The molecule has 5 nitrogen and oxygen atoms in total. The lowest BCUT2D eigenvalue weighted by Gasteiger charge is -2.25. The normalized spacial score (nSPS) is 13.1. The lowest BCUT2D eigenvalue weighted by atomic mass is 9.97. The van der Waals surface area contributed by atoms with Crippen molar-refractivity contribution in [3.05, 3.63) is 107 Å². The fraction of sp³-hybridized carbons (Fsp3) is 0.406. The van der Waals surface area contributed by atoms with Crippen molar-refractivity contribution in [2.75, 3.05) is 6.16 Å². The zero-order valence-electron chi connectivity index (χ0n) is 23.7. The Morgan fingerprint density at radius 2 is 1.29 bits per heavy atom. The predicted octanol–water partition coefficient (Wildman–Crippen LogP) is 9.00. The quantitative estimate of drug-likeness (QED) is 0.139. The van der Waals surface area contributed by atoms with Gasteiger partial charge in [-0.1, -0.05) is 72.8 Å². The van der Waals surface area contributed by atoms with E-state index in [0.717, 1.165) is 28.8 Å². The Morgan fingerprint density at radius 1 is 0.780 bits per heavy atom. The molecule has 0 N–H and O–H groups in total. The molecule has 0 saturated carbocycles. The highest BCUT2D eigenvalue weighted by Crippen LogP contribution is 2.52. The van der Waals surface area contributed by atoms with Crippen LogP contribution in [0.2, 0.25) is 0 Å². The van der Waals surface area contributed by atoms with Crippen molar-refractivity contribution in [2.24, 2.45) is 5.92 Å². The van der Waals surface area contributed by atoms with Gasteiger partial charge in [-0.05, 0) is 74.8 Å². The van der Waals surface area contributed by atoms with Crippen LogP contribution in [0.3, 0.4) is 0 Å². The molecule has 3 rings (SSSR count). The number of esters is 1. The monoisotopic (exact) mass is 590 g/mol. The minimum atomic E-state index is -4.39. The minimum Gasteiger partial charge on any atom is -0.460 e. The smallest absolute Gasteiger partial charge is 0.416 e. The number of carbonyl (C=O) groups is 1. The van der Waals surface area contributed by atoms with Crippen LogP contribution in [0.25, 0.3) is 0 Å². The standard InChI is InChI=1S/C32H38F3O5P/c1-31(2,3)40-30(36)21-28(16-10-15-25-17-19-29(20-18-25)32(33,34)35)24-41(37,38-22-26-11-6-4-7-12-26)39-23-27-13-8-5-9-14-27/h4-9,11-14,17-20,28H,10,15-16,21-24H2,1-3H3. The summed E-state index contributed by atoms with van der Waals surface area (Å²) in [7, 11) is -3.68. The fourth-order valence-corrected chi connectivity index (χ4v) is 6.21. The zero-order valence-corrected chi connectivity index (χ0v) is 24.6. The molecule has 0 amide bonds. The molecule has 0 bridgehead atoms. The van der Waals surface area contributed by atoms with E-state index in [1.54, 1.807) is 20.8 Å². The van der Waals surface area contributed by atoms with Gasteiger partial charge < -0.3 is 13.8 Å². The molecule has 0 aliphatic rings. The first-order chi connectivity index (χ1) is 19.3. The summed E-state index contributed by atoms with van der Waals surface area (Å²) in [6.07, 6.45) is -2.83. The molecule has 3 aromatic rings. The van der Waals surface area contributed by atoms with E-state index in [4.69, 9.17) is 13.8 Å². The fourth-order valence-electron chi connectivity index (χ4n) is 4.29. The number of benzene rings is 3. The van der Waals surface area contributed by atoms with Gasteiger partial charge in [0.1, 0.15) is 5.60 Å². The predicted molar refractivity (Wildman–Crippen MR) is 153 cm³/mol. The van der Waals surface area contributed by atoms with Gasteiger partial charge in [-0.25, -0.2) is 0 Å². The number of ether oxygens (including phenoxy) is 1. The second-order valence-corrected chi connectivity index (χ2v) is 13.2. The number of carbonyl (C=O) groups excluding carboxylic acids is 1. The van der Waals surface area contributed by atoms with Crippen LogP contribution in [0.15, 0.2) is 84.9 Å². The van der Waals surface area contributed by atoms with E-state index in [1.165, 1.54) is 12.1 Å². The zero-order chi connectivity index (χ0) is 29.9. The van der Waals surface area contributed by atoms with E-state index in [2.05, 4.69) is 0 Å². The van der Waals surface area contributed by atoms with Gasteiger partial charge in [0.2, 0.25) is 0 Å². The molecule has 0 saturated heterocycles. The van der Waals surface area contributed by atoms with Gasteiger partial charge in [-0.3, -0.25) is 9.36 Å². The van der Waals surface area contributed by atoms with Crippen LogP contribution in [0, 0.1) is 5.92 Å². The highest BCUT2D eigenvalue weighted by molar-refractivity contribution is 7.53. The highest BCUT2D eigenvalue weighted by atomic mass is 31.2. The lowest BCUT2D eigenvalue weighted by molar-refractivity contribution is -0.155. The molecule has 0 radical (unpaired) electrons. The molecule has 41 heavy (non-hydrogen) atoms. The Kier molecular flexibility index (Phi) is 11.8. The molecule has 0 fully saturated rings. The van der Waals surface area contributed by atoms with Crippen molar-refractivity contribution >= 4 is 13.6 Å². The SMILES string of the molecule is CC(C)(C)OC(=O)CC(CCCc1ccc(C(F)(F)F)cc1)CP(=O)(OCc1ccccc1)OCc1ccccc1. The molecule has 1 atom stereocenters. The molecular weight excluding hydrogens is 552 g/mol.